The number of benzene rings is 3. The molecule has 1 aliphatic carbocycles. The molecule has 1 fully saturated rings. The van der Waals surface area contributed by atoms with E-state index >= 15 is 0 Å². The van der Waals surface area contributed by atoms with Crippen LogP contribution in [-0.4, -0.2) is 29.6 Å². The minimum atomic E-state index is -0.0870. The van der Waals surface area contributed by atoms with Crippen LogP contribution in [0.25, 0.3) is 22.2 Å². The van der Waals surface area contributed by atoms with Crippen molar-refractivity contribution in [3.63, 3.8) is 0 Å². The van der Waals surface area contributed by atoms with E-state index in [4.69, 9.17) is 14.5 Å². The molecular formula is C30H30N2O3. The van der Waals surface area contributed by atoms with E-state index in [-0.39, 0.29) is 18.1 Å². The fourth-order valence-corrected chi connectivity index (χ4v) is 4.71. The summed E-state index contributed by atoms with van der Waals surface area (Å²) in [6.45, 7) is 3.14. The number of carbonyl (C=O) groups is 1. The van der Waals surface area contributed by atoms with Gasteiger partial charge in [0, 0.05) is 10.9 Å². The van der Waals surface area contributed by atoms with E-state index in [2.05, 4.69) is 17.4 Å². The second-order valence-corrected chi connectivity index (χ2v) is 8.88. The van der Waals surface area contributed by atoms with Gasteiger partial charge in [0.05, 0.1) is 42.1 Å². The fraction of sp³-hybridized carbons (Fsp3) is 0.267. The second kappa shape index (κ2) is 10.7. The molecule has 5 rings (SSSR count). The summed E-state index contributed by atoms with van der Waals surface area (Å²) in [5.41, 5.74) is 4.28. The van der Waals surface area contributed by atoms with Crippen molar-refractivity contribution >= 4 is 16.8 Å². The van der Waals surface area contributed by atoms with Gasteiger partial charge in [-0.3, -0.25) is 4.79 Å². The summed E-state index contributed by atoms with van der Waals surface area (Å²) in [6, 6.07) is 27.7. The Bertz CT molecular complexity index is 1290. The zero-order valence-electron chi connectivity index (χ0n) is 19.9. The molecule has 1 aromatic heterocycles. The minimum absolute atomic E-state index is 0.00735. The number of carbonyl (C=O) groups excluding carboxylic acids is 1. The molecule has 3 aromatic carbocycles. The SMILES string of the molecule is CCOc1ccc(-c2cc(C(=O)NC3CCC[C@@H]3OCc3ccccc3)c3ccccc3n2)cc1. The number of ether oxygens (including phenoxy) is 2. The number of fused-ring (bicyclic) bond motifs is 1. The van der Waals surface area contributed by atoms with E-state index in [1.165, 1.54) is 0 Å². The Morgan fingerprint density at radius 1 is 0.971 bits per heavy atom. The van der Waals surface area contributed by atoms with Crippen LogP contribution in [0.4, 0.5) is 0 Å². The van der Waals surface area contributed by atoms with Gasteiger partial charge in [-0.2, -0.15) is 0 Å². The first-order valence-corrected chi connectivity index (χ1v) is 12.3. The molecule has 178 valence electrons. The standard InChI is InChI=1S/C30H30N2O3/c1-2-34-23-17-15-22(16-18-23)28-19-25(24-11-6-7-12-26(24)31-28)30(33)32-27-13-8-14-29(27)35-20-21-9-4-3-5-10-21/h3-7,9-12,15-19,27,29H,2,8,13-14,20H2,1H3,(H,32,33)/t27?,29-/m0/s1. The van der Waals surface area contributed by atoms with Crippen LogP contribution in [0.2, 0.25) is 0 Å². The molecule has 1 unspecified atom stereocenters. The first kappa shape index (κ1) is 23.1. The summed E-state index contributed by atoms with van der Waals surface area (Å²) in [7, 11) is 0. The fourth-order valence-electron chi connectivity index (χ4n) is 4.71. The quantitative estimate of drug-likeness (QED) is 0.337. The van der Waals surface area contributed by atoms with E-state index in [1.807, 2.05) is 79.7 Å². The molecule has 0 aliphatic heterocycles. The summed E-state index contributed by atoms with van der Waals surface area (Å²) in [5.74, 6) is 0.730. The average Bonchev–Trinajstić information content (AvgIpc) is 3.34. The molecule has 4 aromatic rings. The van der Waals surface area contributed by atoms with Gasteiger partial charge in [0.1, 0.15) is 5.75 Å². The Morgan fingerprint density at radius 3 is 2.54 bits per heavy atom. The van der Waals surface area contributed by atoms with Crippen LogP contribution in [0.1, 0.15) is 42.1 Å². The van der Waals surface area contributed by atoms with Crippen LogP contribution in [0.5, 0.6) is 5.75 Å². The molecule has 2 atom stereocenters. The van der Waals surface area contributed by atoms with Gasteiger partial charge in [-0.1, -0.05) is 48.5 Å². The molecule has 1 aliphatic rings. The maximum Gasteiger partial charge on any atom is 0.252 e. The van der Waals surface area contributed by atoms with Gasteiger partial charge >= 0.3 is 0 Å². The van der Waals surface area contributed by atoms with Crippen LogP contribution in [0.3, 0.4) is 0 Å². The zero-order chi connectivity index (χ0) is 24.0. The van der Waals surface area contributed by atoms with Crippen molar-refractivity contribution in [2.75, 3.05) is 6.61 Å². The topological polar surface area (TPSA) is 60.5 Å². The smallest absolute Gasteiger partial charge is 0.252 e. The number of nitrogens with one attached hydrogen (secondary N) is 1. The van der Waals surface area contributed by atoms with Crippen LogP contribution >= 0.6 is 0 Å². The maximum absolute atomic E-state index is 13.5. The average molecular weight is 467 g/mol. The van der Waals surface area contributed by atoms with E-state index in [1.54, 1.807) is 0 Å². The highest BCUT2D eigenvalue weighted by atomic mass is 16.5. The third kappa shape index (κ3) is 5.36. The Kier molecular flexibility index (Phi) is 7.05. The van der Waals surface area contributed by atoms with E-state index in [0.29, 0.717) is 18.8 Å². The van der Waals surface area contributed by atoms with Crippen molar-refractivity contribution in [3.8, 4) is 17.0 Å². The summed E-state index contributed by atoms with van der Waals surface area (Å²) < 4.78 is 11.8. The molecule has 0 saturated heterocycles. The van der Waals surface area contributed by atoms with Crippen molar-refractivity contribution in [1.82, 2.24) is 10.3 Å². The predicted octanol–water partition coefficient (Wildman–Crippen LogP) is 6.17. The third-order valence-electron chi connectivity index (χ3n) is 6.50. The number of aromatic nitrogens is 1. The number of rotatable bonds is 8. The Morgan fingerprint density at radius 2 is 1.74 bits per heavy atom. The number of amides is 1. The molecule has 35 heavy (non-hydrogen) atoms. The van der Waals surface area contributed by atoms with Crippen molar-refractivity contribution < 1.29 is 14.3 Å². The highest BCUT2D eigenvalue weighted by Gasteiger charge is 2.30. The van der Waals surface area contributed by atoms with E-state index in [9.17, 15) is 4.79 Å². The van der Waals surface area contributed by atoms with Crippen molar-refractivity contribution in [2.45, 2.75) is 44.9 Å². The molecule has 5 nitrogen and oxygen atoms in total. The van der Waals surface area contributed by atoms with E-state index < -0.39 is 0 Å². The largest absolute Gasteiger partial charge is 0.494 e. The van der Waals surface area contributed by atoms with Crippen molar-refractivity contribution in [1.29, 1.82) is 0 Å². The van der Waals surface area contributed by atoms with Crippen LogP contribution in [0.15, 0.2) is 84.9 Å². The highest BCUT2D eigenvalue weighted by Crippen LogP contribution is 2.28. The Balaban J connectivity index is 1.37. The Hall–Kier alpha value is -3.70. The van der Waals surface area contributed by atoms with Gasteiger partial charge in [0.15, 0.2) is 0 Å². The maximum atomic E-state index is 13.5. The van der Waals surface area contributed by atoms with E-state index in [0.717, 1.165) is 52.7 Å². The summed E-state index contributed by atoms with van der Waals surface area (Å²) >= 11 is 0. The summed E-state index contributed by atoms with van der Waals surface area (Å²) in [6.07, 6.45) is 2.92. The van der Waals surface area contributed by atoms with Gasteiger partial charge in [-0.15, -0.1) is 0 Å². The number of nitrogens with zero attached hydrogens (tertiary/aromatic N) is 1. The molecule has 1 saturated carbocycles. The Labute approximate surface area is 206 Å². The molecule has 0 radical (unpaired) electrons. The number of pyridine rings is 1. The third-order valence-corrected chi connectivity index (χ3v) is 6.50. The molecule has 0 bridgehead atoms. The first-order valence-electron chi connectivity index (χ1n) is 12.3. The van der Waals surface area contributed by atoms with Crippen molar-refractivity contribution in [3.05, 3.63) is 96.1 Å². The van der Waals surface area contributed by atoms with Crippen LogP contribution in [0, 0.1) is 0 Å². The predicted molar refractivity (Wildman–Crippen MR) is 138 cm³/mol. The number of hydrogen-bond acceptors (Lipinski definition) is 4. The lowest BCUT2D eigenvalue weighted by atomic mass is 10.0. The number of para-hydroxylation sites is 1. The highest BCUT2D eigenvalue weighted by molar-refractivity contribution is 6.07. The lowest BCUT2D eigenvalue weighted by Gasteiger charge is -2.22. The molecule has 1 heterocycles. The lowest BCUT2D eigenvalue weighted by Crippen LogP contribution is -2.41. The van der Waals surface area contributed by atoms with Gasteiger partial charge in [0.25, 0.3) is 5.91 Å². The van der Waals surface area contributed by atoms with Crippen LogP contribution < -0.4 is 10.1 Å². The normalized spacial score (nSPS) is 17.4. The van der Waals surface area contributed by atoms with Gasteiger partial charge in [-0.05, 0) is 68.1 Å². The zero-order valence-corrected chi connectivity index (χ0v) is 19.9. The van der Waals surface area contributed by atoms with Crippen molar-refractivity contribution in [2.24, 2.45) is 0 Å². The molecule has 0 spiro atoms. The first-order chi connectivity index (χ1) is 17.2. The lowest BCUT2D eigenvalue weighted by molar-refractivity contribution is 0.0272. The second-order valence-electron chi connectivity index (χ2n) is 8.88. The monoisotopic (exact) mass is 466 g/mol. The summed E-state index contributed by atoms with van der Waals surface area (Å²) in [5, 5.41) is 4.11. The minimum Gasteiger partial charge on any atom is -0.494 e. The summed E-state index contributed by atoms with van der Waals surface area (Å²) in [4.78, 5) is 18.4. The molecule has 1 amide bonds. The number of hydrogen-bond donors (Lipinski definition) is 1. The van der Waals surface area contributed by atoms with Crippen LogP contribution in [-0.2, 0) is 11.3 Å². The van der Waals surface area contributed by atoms with Gasteiger partial charge < -0.3 is 14.8 Å². The molecular weight excluding hydrogens is 436 g/mol. The van der Waals surface area contributed by atoms with Gasteiger partial charge in [0.2, 0.25) is 0 Å². The molecule has 1 N–H and O–H groups in total. The van der Waals surface area contributed by atoms with Gasteiger partial charge in [-0.25, -0.2) is 4.98 Å². The molecule has 5 heteroatoms.